The van der Waals surface area contributed by atoms with Crippen LogP contribution in [0.3, 0.4) is 0 Å². The van der Waals surface area contributed by atoms with Crippen molar-refractivity contribution in [1.29, 1.82) is 0 Å². The second-order valence-corrected chi connectivity index (χ2v) is 7.62. The highest BCUT2D eigenvalue weighted by molar-refractivity contribution is 5.85. The largest absolute Gasteiger partial charge is 0.461 e. The minimum atomic E-state index is -0.204. The van der Waals surface area contributed by atoms with E-state index in [1.807, 2.05) is 6.92 Å². The number of carbonyl (C=O) groups is 1. The van der Waals surface area contributed by atoms with Crippen molar-refractivity contribution in [2.45, 2.75) is 51.0 Å². The number of hydrogen-bond acceptors (Lipinski definition) is 6. The molecule has 3 aliphatic heterocycles. The van der Waals surface area contributed by atoms with Crippen LogP contribution in [0.15, 0.2) is 0 Å². The zero-order valence-corrected chi connectivity index (χ0v) is 16.8. The number of H-pyrrole nitrogens is 1. The number of rotatable bonds is 3. The van der Waals surface area contributed by atoms with Gasteiger partial charge in [0.1, 0.15) is 11.9 Å². The fourth-order valence-corrected chi connectivity index (χ4v) is 4.46. The molecule has 0 aliphatic carbocycles. The number of aryl methyl sites for hydroxylation is 1. The van der Waals surface area contributed by atoms with Crippen LogP contribution in [0, 0.1) is 12.3 Å². The van der Waals surface area contributed by atoms with Gasteiger partial charge >= 0.3 is 5.97 Å². The van der Waals surface area contributed by atoms with Crippen LogP contribution in [0.1, 0.15) is 49.7 Å². The minimum Gasteiger partial charge on any atom is -0.461 e. The third kappa shape index (κ3) is 4.32. The summed E-state index contributed by atoms with van der Waals surface area (Å²) in [4.78, 5) is 19.3. The Labute approximate surface area is 166 Å². The van der Waals surface area contributed by atoms with E-state index in [9.17, 15) is 4.79 Å². The Morgan fingerprint density at radius 2 is 1.92 bits per heavy atom. The normalized spacial score (nSPS) is 26.2. The van der Waals surface area contributed by atoms with Crippen molar-refractivity contribution in [2.75, 3.05) is 32.7 Å². The summed E-state index contributed by atoms with van der Waals surface area (Å²) in [5.74, 6) is 2.33. The number of halogens is 2. The number of piperidine rings is 2. The van der Waals surface area contributed by atoms with E-state index >= 15 is 0 Å². The molecule has 7 nitrogen and oxygen atoms in total. The number of nitrogens with one attached hydrogen (secondary N) is 2. The number of nitrogens with zero attached hydrogens (tertiary/aromatic N) is 3. The van der Waals surface area contributed by atoms with Crippen molar-refractivity contribution >= 4 is 30.8 Å². The van der Waals surface area contributed by atoms with Crippen LogP contribution in [0.5, 0.6) is 0 Å². The molecule has 1 spiro atoms. The highest BCUT2D eigenvalue weighted by atomic mass is 35.5. The summed E-state index contributed by atoms with van der Waals surface area (Å²) in [7, 11) is 0. The van der Waals surface area contributed by atoms with Crippen LogP contribution in [-0.4, -0.2) is 64.9 Å². The molecule has 2 N–H and O–H groups in total. The molecule has 1 unspecified atom stereocenters. The smallest absolute Gasteiger partial charge is 0.312 e. The summed E-state index contributed by atoms with van der Waals surface area (Å²) in [6.45, 7) is 6.74. The summed E-state index contributed by atoms with van der Waals surface area (Å²) >= 11 is 0. The van der Waals surface area contributed by atoms with Crippen molar-refractivity contribution < 1.29 is 9.53 Å². The molecule has 1 aromatic heterocycles. The molecule has 0 amide bonds. The van der Waals surface area contributed by atoms with Crippen molar-refractivity contribution in [3.63, 3.8) is 0 Å². The van der Waals surface area contributed by atoms with Gasteiger partial charge in [-0.2, -0.15) is 5.10 Å². The molecule has 0 bridgehead atoms. The maximum atomic E-state index is 12.4. The first-order valence-electron chi connectivity index (χ1n) is 9.18. The van der Waals surface area contributed by atoms with Gasteiger partial charge in [0.05, 0.1) is 5.41 Å². The molecular formula is C17H29Cl2N5O2. The molecular weight excluding hydrogens is 377 g/mol. The van der Waals surface area contributed by atoms with Gasteiger partial charge in [-0.25, -0.2) is 4.98 Å². The van der Waals surface area contributed by atoms with Crippen LogP contribution >= 0.6 is 24.8 Å². The molecule has 3 saturated heterocycles. The predicted octanol–water partition coefficient (Wildman–Crippen LogP) is 1.82. The zero-order valence-electron chi connectivity index (χ0n) is 15.2. The van der Waals surface area contributed by atoms with Gasteiger partial charge in [-0.05, 0) is 58.8 Å². The molecule has 0 saturated carbocycles. The highest BCUT2D eigenvalue weighted by Crippen LogP contribution is 2.42. The Balaban J connectivity index is 0.00000121. The van der Waals surface area contributed by atoms with Crippen LogP contribution in [0.2, 0.25) is 0 Å². The monoisotopic (exact) mass is 405 g/mol. The maximum Gasteiger partial charge on any atom is 0.312 e. The molecule has 1 aromatic rings. The van der Waals surface area contributed by atoms with E-state index in [0.29, 0.717) is 5.92 Å². The average Bonchev–Trinajstić information content (AvgIpc) is 3.14. The number of esters is 1. The Morgan fingerprint density at radius 1 is 1.23 bits per heavy atom. The van der Waals surface area contributed by atoms with E-state index in [2.05, 4.69) is 25.4 Å². The van der Waals surface area contributed by atoms with Gasteiger partial charge in [0, 0.05) is 18.9 Å². The SMILES string of the molecule is Cc1nc(C2CCN(CC3CC4(CCNCC4)C(=O)O3)CC2)n[nH]1.Cl.Cl. The highest BCUT2D eigenvalue weighted by Gasteiger charge is 2.49. The van der Waals surface area contributed by atoms with E-state index in [1.54, 1.807) is 0 Å². The minimum absolute atomic E-state index is 0. The lowest BCUT2D eigenvalue weighted by molar-refractivity contribution is -0.150. The third-order valence-electron chi connectivity index (χ3n) is 5.91. The third-order valence-corrected chi connectivity index (χ3v) is 5.91. The van der Waals surface area contributed by atoms with Crippen LogP contribution in [0.25, 0.3) is 0 Å². The number of cyclic esters (lactones) is 1. The molecule has 9 heteroatoms. The molecule has 148 valence electrons. The molecule has 3 aliphatic rings. The van der Waals surface area contributed by atoms with Gasteiger partial charge in [0.25, 0.3) is 0 Å². The van der Waals surface area contributed by atoms with E-state index < -0.39 is 0 Å². The lowest BCUT2D eigenvalue weighted by Gasteiger charge is -2.32. The van der Waals surface area contributed by atoms with Crippen molar-refractivity contribution in [1.82, 2.24) is 25.4 Å². The summed E-state index contributed by atoms with van der Waals surface area (Å²) in [6, 6.07) is 0. The molecule has 4 rings (SSSR count). The van der Waals surface area contributed by atoms with Gasteiger partial charge in [0.15, 0.2) is 5.82 Å². The number of ether oxygens (including phenoxy) is 1. The summed E-state index contributed by atoms with van der Waals surface area (Å²) in [5, 5.41) is 10.6. The Hall–Kier alpha value is -0.890. The fourth-order valence-electron chi connectivity index (χ4n) is 4.46. The van der Waals surface area contributed by atoms with E-state index in [4.69, 9.17) is 4.74 Å². The first kappa shape index (κ1) is 21.4. The molecule has 0 aromatic carbocycles. The average molecular weight is 406 g/mol. The molecule has 1 atom stereocenters. The van der Waals surface area contributed by atoms with Crippen molar-refractivity contribution in [2.24, 2.45) is 5.41 Å². The van der Waals surface area contributed by atoms with Gasteiger partial charge in [0.2, 0.25) is 0 Å². The van der Waals surface area contributed by atoms with Gasteiger partial charge in [-0.1, -0.05) is 0 Å². The maximum absolute atomic E-state index is 12.4. The first-order chi connectivity index (χ1) is 11.6. The Bertz CT molecular complexity index is 598. The number of carbonyl (C=O) groups excluding carboxylic acids is 1. The standard InChI is InChI=1S/C17H27N5O2.2ClH/c1-12-19-15(21-20-12)13-2-8-22(9-3-13)11-14-10-17(16(23)24-14)4-6-18-7-5-17;;/h13-14,18H,2-11H2,1H3,(H,19,20,21);2*1H. The van der Waals surface area contributed by atoms with Gasteiger partial charge < -0.3 is 10.1 Å². The molecule has 0 radical (unpaired) electrons. The van der Waals surface area contributed by atoms with E-state index in [-0.39, 0.29) is 42.3 Å². The van der Waals surface area contributed by atoms with Crippen molar-refractivity contribution in [3.8, 4) is 0 Å². The Kier molecular flexibility index (Phi) is 7.30. The second-order valence-electron chi connectivity index (χ2n) is 7.62. The van der Waals surface area contributed by atoms with Crippen LogP contribution in [0.4, 0.5) is 0 Å². The molecule has 3 fully saturated rings. The number of likely N-dealkylation sites (tertiary alicyclic amines) is 1. The summed E-state index contributed by atoms with van der Waals surface area (Å²) in [5.41, 5.74) is -0.204. The lowest BCUT2D eigenvalue weighted by Crippen LogP contribution is -2.40. The molecule has 26 heavy (non-hydrogen) atoms. The molecule has 4 heterocycles. The van der Waals surface area contributed by atoms with Crippen LogP contribution < -0.4 is 5.32 Å². The Morgan fingerprint density at radius 3 is 2.54 bits per heavy atom. The van der Waals surface area contributed by atoms with Crippen molar-refractivity contribution in [3.05, 3.63) is 11.6 Å². The summed E-state index contributed by atoms with van der Waals surface area (Å²) < 4.78 is 5.73. The zero-order chi connectivity index (χ0) is 16.6. The fraction of sp³-hybridized carbons (Fsp3) is 0.824. The number of aromatic nitrogens is 3. The second kappa shape index (κ2) is 8.87. The van der Waals surface area contributed by atoms with E-state index in [1.165, 1.54) is 0 Å². The number of aromatic amines is 1. The quantitative estimate of drug-likeness (QED) is 0.746. The predicted molar refractivity (Wildman–Crippen MR) is 103 cm³/mol. The first-order valence-corrected chi connectivity index (χ1v) is 9.18. The number of hydrogen-bond donors (Lipinski definition) is 2. The summed E-state index contributed by atoms with van der Waals surface area (Å²) in [6.07, 6.45) is 4.97. The lowest BCUT2D eigenvalue weighted by atomic mass is 9.76. The van der Waals surface area contributed by atoms with Crippen LogP contribution in [-0.2, 0) is 9.53 Å². The van der Waals surface area contributed by atoms with Gasteiger partial charge in [-0.15, -0.1) is 24.8 Å². The van der Waals surface area contributed by atoms with E-state index in [0.717, 1.165) is 76.5 Å². The van der Waals surface area contributed by atoms with Gasteiger partial charge in [-0.3, -0.25) is 14.8 Å². The topological polar surface area (TPSA) is 83.1 Å².